The fourth-order valence-electron chi connectivity index (χ4n) is 2.65. The highest BCUT2D eigenvalue weighted by Crippen LogP contribution is 2.29. The van der Waals surface area contributed by atoms with Crippen LogP contribution in [-0.4, -0.2) is 21.6 Å². The molecule has 120 valence electrons. The molecule has 0 fully saturated rings. The van der Waals surface area contributed by atoms with Crippen LogP contribution in [0.4, 0.5) is 0 Å². The van der Waals surface area contributed by atoms with Crippen molar-refractivity contribution in [1.82, 2.24) is 9.38 Å². The molecule has 5 nitrogen and oxygen atoms in total. The molecular weight excluding hydrogens is 348 g/mol. The maximum absolute atomic E-state index is 12.4. The predicted molar refractivity (Wildman–Crippen MR) is 95.3 cm³/mol. The van der Waals surface area contributed by atoms with Crippen molar-refractivity contribution in [3.63, 3.8) is 0 Å². The van der Waals surface area contributed by atoms with Gasteiger partial charge in [0.15, 0.2) is 16.5 Å². The number of imidazole rings is 1. The lowest BCUT2D eigenvalue weighted by atomic mass is 10.1. The molecule has 4 rings (SSSR count). The van der Waals surface area contributed by atoms with Gasteiger partial charge in [0.05, 0.1) is 18.1 Å². The molecule has 2 heterocycles. The third-order valence-electron chi connectivity index (χ3n) is 3.76. The maximum atomic E-state index is 12.4. The summed E-state index contributed by atoms with van der Waals surface area (Å²) in [5.74, 6) is 0.344. The number of halogens is 1. The minimum atomic E-state index is -0.128. The SMILES string of the molecule is COc1cccc(/C=c2\c(=O)sc3nc4cc(Cl)ccc4n23)c1O. The Labute approximate surface area is 145 Å². The Morgan fingerprint density at radius 3 is 2.96 bits per heavy atom. The van der Waals surface area contributed by atoms with Crippen LogP contribution < -0.4 is 14.8 Å². The zero-order valence-corrected chi connectivity index (χ0v) is 14.1. The summed E-state index contributed by atoms with van der Waals surface area (Å²) in [4.78, 5) is 17.4. The van der Waals surface area contributed by atoms with Crippen LogP contribution in [0.2, 0.25) is 5.02 Å². The largest absolute Gasteiger partial charge is 0.504 e. The number of rotatable bonds is 2. The maximum Gasteiger partial charge on any atom is 0.259 e. The summed E-state index contributed by atoms with van der Waals surface area (Å²) < 4.78 is 6.76. The normalized spacial score (nSPS) is 12.3. The standard InChI is InChI=1S/C17H11ClN2O3S/c1-23-14-4-2-3-9(15(14)21)7-13-16(22)24-17-19-11-8-10(18)5-6-12(11)20(13)17/h2-8,21H,1H3/b13-7+. The zero-order chi connectivity index (χ0) is 16.8. The van der Waals surface area contributed by atoms with Crippen molar-refractivity contribution in [1.29, 1.82) is 0 Å². The van der Waals surface area contributed by atoms with E-state index in [-0.39, 0.29) is 10.5 Å². The van der Waals surface area contributed by atoms with Crippen molar-refractivity contribution in [2.45, 2.75) is 0 Å². The lowest BCUT2D eigenvalue weighted by molar-refractivity contribution is 0.373. The monoisotopic (exact) mass is 358 g/mol. The van der Waals surface area contributed by atoms with Gasteiger partial charge in [0.25, 0.3) is 4.74 Å². The first-order valence-corrected chi connectivity index (χ1v) is 8.26. The van der Waals surface area contributed by atoms with E-state index >= 15 is 0 Å². The van der Waals surface area contributed by atoms with Gasteiger partial charge >= 0.3 is 0 Å². The van der Waals surface area contributed by atoms with Gasteiger partial charge in [-0.2, -0.15) is 0 Å². The number of hydrogen-bond donors (Lipinski definition) is 1. The second-order valence-electron chi connectivity index (χ2n) is 5.18. The quantitative estimate of drug-likeness (QED) is 0.598. The van der Waals surface area contributed by atoms with Crippen molar-refractivity contribution in [3.05, 3.63) is 61.9 Å². The van der Waals surface area contributed by atoms with E-state index in [4.69, 9.17) is 16.3 Å². The van der Waals surface area contributed by atoms with E-state index in [0.29, 0.717) is 26.6 Å². The van der Waals surface area contributed by atoms with Gasteiger partial charge in [-0.1, -0.05) is 35.1 Å². The highest BCUT2D eigenvalue weighted by atomic mass is 35.5. The number of hydrogen-bond acceptors (Lipinski definition) is 5. The van der Waals surface area contributed by atoms with Crippen molar-refractivity contribution in [2.24, 2.45) is 0 Å². The third-order valence-corrected chi connectivity index (χ3v) is 4.85. The van der Waals surface area contributed by atoms with Gasteiger partial charge in [-0.3, -0.25) is 9.20 Å². The molecule has 2 aromatic carbocycles. The molecule has 0 radical (unpaired) electrons. The van der Waals surface area contributed by atoms with E-state index in [9.17, 15) is 9.90 Å². The molecule has 0 unspecified atom stereocenters. The molecule has 0 bridgehead atoms. The van der Waals surface area contributed by atoms with E-state index in [0.717, 1.165) is 22.4 Å². The summed E-state index contributed by atoms with van der Waals surface area (Å²) in [7, 11) is 1.48. The fourth-order valence-corrected chi connectivity index (χ4v) is 3.67. The number of phenolic OH excluding ortho intramolecular Hbond substituents is 1. The number of fused-ring (bicyclic) bond motifs is 3. The molecule has 0 saturated carbocycles. The first-order valence-electron chi connectivity index (χ1n) is 7.06. The molecule has 4 aromatic rings. The van der Waals surface area contributed by atoms with Crippen molar-refractivity contribution < 1.29 is 9.84 Å². The van der Waals surface area contributed by atoms with Gasteiger partial charge in [0.2, 0.25) is 0 Å². The Hall–Kier alpha value is -2.57. The van der Waals surface area contributed by atoms with Crippen LogP contribution in [0, 0.1) is 0 Å². The molecule has 0 atom stereocenters. The second-order valence-corrected chi connectivity index (χ2v) is 6.56. The number of para-hydroxylation sites is 1. The molecular formula is C17H11ClN2O3S. The molecule has 0 aliphatic carbocycles. The Bertz CT molecular complexity index is 1200. The number of aromatic nitrogens is 2. The molecule has 0 saturated heterocycles. The smallest absolute Gasteiger partial charge is 0.259 e. The summed E-state index contributed by atoms with van der Waals surface area (Å²) in [6, 6.07) is 10.5. The average Bonchev–Trinajstić information content (AvgIpc) is 3.04. The molecule has 0 aliphatic rings. The predicted octanol–water partition coefficient (Wildman–Crippen LogP) is 2.82. The van der Waals surface area contributed by atoms with Crippen molar-refractivity contribution in [2.75, 3.05) is 7.11 Å². The van der Waals surface area contributed by atoms with Crippen LogP contribution in [0.15, 0.2) is 41.2 Å². The number of phenols is 1. The van der Waals surface area contributed by atoms with Gasteiger partial charge in [-0.05, 0) is 30.3 Å². The van der Waals surface area contributed by atoms with Crippen LogP contribution in [-0.2, 0) is 0 Å². The molecule has 0 spiro atoms. The molecule has 7 heteroatoms. The average molecular weight is 359 g/mol. The highest BCUT2D eigenvalue weighted by molar-refractivity contribution is 7.14. The van der Waals surface area contributed by atoms with E-state index in [1.807, 2.05) is 6.07 Å². The number of nitrogens with zero attached hydrogens (tertiary/aromatic N) is 2. The fraction of sp³-hybridized carbons (Fsp3) is 0.0588. The van der Waals surface area contributed by atoms with Gasteiger partial charge in [-0.15, -0.1) is 0 Å². The van der Waals surface area contributed by atoms with E-state index in [1.54, 1.807) is 40.8 Å². The van der Waals surface area contributed by atoms with E-state index in [1.165, 1.54) is 7.11 Å². The molecule has 24 heavy (non-hydrogen) atoms. The van der Waals surface area contributed by atoms with Crippen molar-refractivity contribution in [3.8, 4) is 11.5 Å². The molecule has 2 aromatic heterocycles. The number of thiazole rings is 1. The number of benzene rings is 2. The first-order chi connectivity index (χ1) is 11.6. The lowest BCUT2D eigenvalue weighted by Gasteiger charge is -2.04. The molecule has 0 aliphatic heterocycles. The number of methoxy groups -OCH3 is 1. The summed E-state index contributed by atoms with van der Waals surface area (Å²) in [6.07, 6.45) is 1.64. The topological polar surface area (TPSA) is 63.8 Å². The zero-order valence-electron chi connectivity index (χ0n) is 12.5. The van der Waals surface area contributed by atoms with Gasteiger partial charge < -0.3 is 9.84 Å². The minimum absolute atomic E-state index is 0.00813. The Balaban J connectivity index is 2.08. The number of ether oxygens (including phenoxy) is 1. The van der Waals surface area contributed by atoms with E-state index in [2.05, 4.69) is 4.98 Å². The lowest BCUT2D eigenvalue weighted by Crippen LogP contribution is -2.23. The summed E-state index contributed by atoms with van der Waals surface area (Å²) in [5, 5.41) is 11.3. The van der Waals surface area contributed by atoms with Crippen LogP contribution in [0.5, 0.6) is 11.5 Å². The Morgan fingerprint density at radius 2 is 2.17 bits per heavy atom. The Kier molecular flexibility index (Phi) is 3.44. The summed E-state index contributed by atoms with van der Waals surface area (Å²) in [6.45, 7) is 0. The first kappa shape index (κ1) is 15.0. The highest BCUT2D eigenvalue weighted by Gasteiger charge is 2.12. The van der Waals surface area contributed by atoms with Crippen LogP contribution >= 0.6 is 22.9 Å². The third kappa shape index (κ3) is 2.23. The van der Waals surface area contributed by atoms with Crippen LogP contribution in [0.1, 0.15) is 5.56 Å². The summed E-state index contributed by atoms with van der Waals surface area (Å²) >= 11 is 7.06. The summed E-state index contributed by atoms with van der Waals surface area (Å²) in [5.41, 5.74) is 2.02. The molecule has 1 N–H and O–H groups in total. The number of aromatic hydroxyl groups is 1. The van der Waals surface area contributed by atoms with Crippen molar-refractivity contribution >= 4 is 45.0 Å². The minimum Gasteiger partial charge on any atom is -0.504 e. The van der Waals surface area contributed by atoms with Gasteiger partial charge in [0, 0.05) is 10.6 Å². The van der Waals surface area contributed by atoms with Crippen LogP contribution in [0.25, 0.3) is 22.1 Å². The molecule has 0 amide bonds. The van der Waals surface area contributed by atoms with Gasteiger partial charge in [0.1, 0.15) is 5.35 Å². The van der Waals surface area contributed by atoms with E-state index < -0.39 is 0 Å². The van der Waals surface area contributed by atoms with Gasteiger partial charge in [-0.25, -0.2) is 4.98 Å². The second kappa shape index (κ2) is 5.51. The Morgan fingerprint density at radius 1 is 1.33 bits per heavy atom. The van der Waals surface area contributed by atoms with Crippen LogP contribution in [0.3, 0.4) is 0 Å².